The van der Waals surface area contributed by atoms with E-state index in [1.807, 2.05) is 0 Å². The van der Waals surface area contributed by atoms with E-state index in [1.165, 1.54) is 16.3 Å². The van der Waals surface area contributed by atoms with Gasteiger partial charge in [-0.15, -0.1) is 5.73 Å². The van der Waals surface area contributed by atoms with E-state index in [0.717, 1.165) is 40.3 Å². The van der Waals surface area contributed by atoms with E-state index >= 15 is 0 Å². The number of hydrogen-bond acceptors (Lipinski definition) is 2. The molecule has 1 aliphatic rings. The van der Waals surface area contributed by atoms with Gasteiger partial charge in [-0.3, -0.25) is 0 Å². The van der Waals surface area contributed by atoms with Crippen molar-refractivity contribution in [2.24, 2.45) is 0 Å². The topological polar surface area (TPSA) is 15.3 Å². The Bertz CT molecular complexity index is 1660. The summed E-state index contributed by atoms with van der Waals surface area (Å²) in [5, 5.41) is 6.00. The minimum absolute atomic E-state index is 0.0640. The maximum Gasteiger partial charge on any atom is 0.0783 e. The summed E-state index contributed by atoms with van der Waals surface area (Å²) >= 11 is 0. The van der Waals surface area contributed by atoms with Crippen LogP contribution in [0.3, 0.4) is 0 Å². The van der Waals surface area contributed by atoms with Crippen molar-refractivity contribution in [2.75, 3.05) is 10.2 Å². The van der Waals surface area contributed by atoms with Gasteiger partial charge in [0.2, 0.25) is 0 Å². The summed E-state index contributed by atoms with van der Waals surface area (Å²) in [6, 6.07) is 43.0. The first-order chi connectivity index (χ1) is 18.8. The van der Waals surface area contributed by atoms with Gasteiger partial charge in [-0.25, -0.2) is 0 Å². The summed E-state index contributed by atoms with van der Waals surface area (Å²) in [5.41, 5.74) is 11.7. The van der Waals surface area contributed by atoms with E-state index in [-0.39, 0.29) is 6.04 Å². The van der Waals surface area contributed by atoms with Crippen molar-refractivity contribution in [3.63, 3.8) is 0 Å². The molecule has 0 radical (unpaired) electrons. The van der Waals surface area contributed by atoms with Crippen molar-refractivity contribution in [1.82, 2.24) is 0 Å². The van der Waals surface area contributed by atoms with Gasteiger partial charge in [-0.05, 0) is 89.0 Å². The average molecular weight is 491 g/mol. The average Bonchev–Trinajstić information content (AvgIpc) is 2.99. The van der Waals surface area contributed by atoms with E-state index < -0.39 is 0 Å². The van der Waals surface area contributed by atoms with Crippen LogP contribution in [0.5, 0.6) is 0 Å². The first kappa shape index (κ1) is 23.6. The van der Waals surface area contributed by atoms with Crippen molar-refractivity contribution in [3.05, 3.63) is 156 Å². The summed E-state index contributed by atoms with van der Waals surface area (Å²) in [6.45, 7) is 2.18. The third kappa shape index (κ3) is 5.04. The highest BCUT2D eigenvalue weighted by molar-refractivity contribution is 5.87. The van der Waals surface area contributed by atoms with Gasteiger partial charge in [0.25, 0.3) is 0 Å². The molecule has 0 bridgehead atoms. The summed E-state index contributed by atoms with van der Waals surface area (Å²) < 4.78 is 0. The Morgan fingerprint density at radius 2 is 1.47 bits per heavy atom. The zero-order valence-corrected chi connectivity index (χ0v) is 21.5. The number of nitrogens with one attached hydrogen (secondary N) is 1. The number of rotatable bonds is 7. The molecule has 5 aromatic carbocycles. The fourth-order valence-corrected chi connectivity index (χ4v) is 4.99. The van der Waals surface area contributed by atoms with Crippen LogP contribution in [0, 0.1) is 0 Å². The molecule has 0 saturated heterocycles. The van der Waals surface area contributed by atoms with E-state index in [4.69, 9.17) is 0 Å². The Labute approximate surface area is 224 Å². The lowest BCUT2D eigenvalue weighted by molar-refractivity contribution is 0.942. The maximum atomic E-state index is 3.57. The van der Waals surface area contributed by atoms with Crippen LogP contribution < -0.4 is 10.2 Å². The van der Waals surface area contributed by atoms with Gasteiger partial charge in [-0.1, -0.05) is 85.8 Å². The number of fused-ring (bicyclic) bond motifs is 1. The number of anilines is 4. The lowest BCUT2D eigenvalue weighted by Crippen LogP contribution is -2.28. The van der Waals surface area contributed by atoms with Gasteiger partial charge < -0.3 is 10.2 Å². The highest BCUT2D eigenvalue weighted by atomic mass is 15.2. The highest BCUT2D eigenvalue weighted by Gasteiger charge is 2.18. The molecule has 1 aliphatic carbocycles. The van der Waals surface area contributed by atoms with Gasteiger partial charge in [0.15, 0.2) is 0 Å². The van der Waals surface area contributed by atoms with Crippen LogP contribution in [0.4, 0.5) is 22.7 Å². The fourth-order valence-electron chi connectivity index (χ4n) is 4.99. The molecular weight excluding hydrogens is 460 g/mol. The summed E-state index contributed by atoms with van der Waals surface area (Å²) in [4.78, 5) is 2.37. The Morgan fingerprint density at radius 1 is 0.684 bits per heavy atom. The first-order valence-corrected chi connectivity index (χ1v) is 13.2. The first-order valence-electron chi connectivity index (χ1n) is 13.2. The second-order valence-electron chi connectivity index (χ2n) is 9.57. The highest BCUT2D eigenvalue weighted by Crippen LogP contribution is 2.33. The van der Waals surface area contributed by atoms with Crippen molar-refractivity contribution < 1.29 is 0 Å². The predicted octanol–water partition coefficient (Wildman–Crippen LogP) is 9.46. The quantitative estimate of drug-likeness (QED) is 0.229. The van der Waals surface area contributed by atoms with Crippen LogP contribution in [0.15, 0.2) is 145 Å². The lowest BCUT2D eigenvalue weighted by atomic mass is 9.99. The molecule has 0 aliphatic heterocycles. The molecule has 0 heterocycles. The molecule has 1 atom stereocenters. The Kier molecular flexibility index (Phi) is 6.64. The number of allylic oxidation sites excluding steroid dienone is 1. The van der Waals surface area contributed by atoms with Crippen molar-refractivity contribution in [2.45, 2.75) is 19.4 Å². The van der Waals surface area contributed by atoms with Crippen LogP contribution in [0.25, 0.3) is 16.3 Å². The number of benzene rings is 5. The SMILES string of the molecule is CCc1cccc(Nc2ccc(C3=C=CC(N(c4ccccc4)c4ccc5ccccc5c4)C=C3)cc2)c1. The molecule has 2 heteroatoms. The van der Waals surface area contributed by atoms with Crippen LogP contribution in [0.2, 0.25) is 0 Å². The molecular formula is C36H30N2. The molecule has 5 aromatic rings. The fraction of sp³-hybridized carbons (Fsp3) is 0.0833. The Hall–Kier alpha value is -4.78. The second-order valence-corrected chi connectivity index (χ2v) is 9.57. The van der Waals surface area contributed by atoms with Gasteiger partial charge in [0, 0.05) is 28.3 Å². The van der Waals surface area contributed by atoms with Gasteiger partial charge in [0.05, 0.1) is 6.04 Å². The predicted molar refractivity (Wildman–Crippen MR) is 162 cm³/mol. The molecule has 1 N–H and O–H groups in total. The van der Waals surface area contributed by atoms with Crippen molar-refractivity contribution in [1.29, 1.82) is 0 Å². The van der Waals surface area contributed by atoms with Gasteiger partial charge >= 0.3 is 0 Å². The summed E-state index contributed by atoms with van der Waals surface area (Å²) in [7, 11) is 0. The molecule has 2 nitrogen and oxygen atoms in total. The lowest BCUT2D eigenvalue weighted by Gasteiger charge is -2.31. The zero-order valence-electron chi connectivity index (χ0n) is 21.5. The number of aryl methyl sites for hydroxylation is 1. The molecule has 184 valence electrons. The zero-order chi connectivity index (χ0) is 25.7. The molecule has 0 aromatic heterocycles. The minimum atomic E-state index is 0.0640. The Balaban J connectivity index is 1.27. The third-order valence-electron chi connectivity index (χ3n) is 7.03. The standard InChI is InChI=1S/C36H30N2/c1-2-27-9-8-12-33(25-27)37-32-20-15-29(16-21-32)30-17-22-35(23-18-30)38(34-13-4-3-5-14-34)36-24-19-28-10-6-7-11-31(28)26-36/h3-17,19-26,35,37H,2H2,1H3. The van der Waals surface area contributed by atoms with E-state index in [0.29, 0.717) is 0 Å². The molecule has 0 amide bonds. The van der Waals surface area contributed by atoms with E-state index in [1.54, 1.807) is 0 Å². The van der Waals surface area contributed by atoms with Crippen molar-refractivity contribution in [3.8, 4) is 0 Å². The van der Waals surface area contributed by atoms with Gasteiger partial charge in [0.1, 0.15) is 0 Å². The summed E-state index contributed by atoms with van der Waals surface area (Å²) in [5.74, 6) is 0. The molecule has 6 rings (SSSR count). The molecule has 0 spiro atoms. The molecule has 0 saturated carbocycles. The van der Waals surface area contributed by atoms with Crippen LogP contribution >= 0.6 is 0 Å². The van der Waals surface area contributed by atoms with E-state index in [2.05, 4.69) is 162 Å². The molecule has 0 fully saturated rings. The third-order valence-corrected chi connectivity index (χ3v) is 7.03. The number of para-hydroxylation sites is 1. The number of hydrogen-bond donors (Lipinski definition) is 1. The largest absolute Gasteiger partial charge is 0.356 e. The normalized spacial score (nSPS) is 14.3. The summed E-state index contributed by atoms with van der Waals surface area (Å²) in [6.07, 6.45) is 7.65. The van der Waals surface area contributed by atoms with Crippen molar-refractivity contribution >= 4 is 39.1 Å². The maximum absolute atomic E-state index is 3.57. The molecule has 1 unspecified atom stereocenters. The molecule has 38 heavy (non-hydrogen) atoms. The second kappa shape index (κ2) is 10.7. The Morgan fingerprint density at radius 3 is 2.24 bits per heavy atom. The number of nitrogens with zero attached hydrogens (tertiary/aromatic N) is 1. The minimum Gasteiger partial charge on any atom is -0.356 e. The van der Waals surface area contributed by atoms with Crippen LogP contribution in [-0.2, 0) is 6.42 Å². The smallest absolute Gasteiger partial charge is 0.0783 e. The van der Waals surface area contributed by atoms with E-state index in [9.17, 15) is 0 Å². The van der Waals surface area contributed by atoms with Gasteiger partial charge in [-0.2, -0.15) is 0 Å². The van der Waals surface area contributed by atoms with Crippen LogP contribution in [0.1, 0.15) is 18.1 Å². The van der Waals surface area contributed by atoms with Crippen LogP contribution in [-0.4, -0.2) is 6.04 Å². The monoisotopic (exact) mass is 490 g/mol.